The van der Waals surface area contributed by atoms with Crippen molar-refractivity contribution in [3.63, 3.8) is 0 Å². The zero-order chi connectivity index (χ0) is 23.9. The van der Waals surface area contributed by atoms with E-state index in [2.05, 4.69) is 20.4 Å². The number of β-lactam (4-membered cyclic amide) rings is 1. The summed E-state index contributed by atoms with van der Waals surface area (Å²) in [6, 6.07) is 1.35. The van der Waals surface area contributed by atoms with Gasteiger partial charge in [-0.15, -0.1) is 0 Å². The van der Waals surface area contributed by atoms with Crippen LogP contribution in [0.5, 0.6) is 5.88 Å². The number of thioether (sulfide) groups is 1. The van der Waals surface area contributed by atoms with Crippen LogP contribution in [0, 0.1) is 0 Å². The van der Waals surface area contributed by atoms with E-state index >= 15 is 0 Å². The molecule has 12 nitrogen and oxygen atoms in total. The predicted octanol–water partition coefficient (Wildman–Crippen LogP) is 1.24. The number of aromatic nitrogens is 2. The van der Waals surface area contributed by atoms with E-state index in [-0.39, 0.29) is 26.7 Å². The number of thiazole rings is 1. The Hall–Kier alpha value is -3.36. The van der Waals surface area contributed by atoms with Crippen molar-refractivity contribution in [3.05, 3.63) is 39.0 Å². The lowest BCUT2D eigenvalue weighted by molar-refractivity contribution is -0.155. The van der Waals surface area contributed by atoms with Gasteiger partial charge in [-0.25, -0.2) is 14.8 Å². The second-order valence-electron chi connectivity index (χ2n) is 6.92. The quantitative estimate of drug-likeness (QED) is 0.163. The number of fused-ring (bicyclic) bond motifs is 1. The molecule has 1 fully saturated rings. The van der Waals surface area contributed by atoms with E-state index in [9.17, 15) is 29.8 Å². The van der Waals surface area contributed by atoms with Crippen LogP contribution < -0.4 is 11.1 Å². The molecule has 172 valence electrons. The average Bonchev–Trinajstić information content (AvgIpc) is 3.11. The molecule has 2 aromatic heterocycles. The van der Waals surface area contributed by atoms with Crippen molar-refractivity contribution in [3.8, 4) is 5.88 Å². The van der Waals surface area contributed by atoms with Gasteiger partial charge in [0.15, 0.2) is 10.8 Å². The third-order valence-electron chi connectivity index (χ3n) is 4.98. The number of rotatable bonds is 6. The predicted molar refractivity (Wildman–Crippen MR) is 118 cm³/mol. The molecule has 0 spiro atoms. The van der Waals surface area contributed by atoms with Crippen LogP contribution in [0.3, 0.4) is 0 Å². The van der Waals surface area contributed by atoms with E-state index < -0.39 is 35.6 Å². The number of halogens is 1. The van der Waals surface area contributed by atoms with Crippen molar-refractivity contribution in [1.82, 2.24) is 20.2 Å². The average molecular weight is 511 g/mol. The van der Waals surface area contributed by atoms with Gasteiger partial charge in [0, 0.05) is 22.1 Å². The van der Waals surface area contributed by atoms with Crippen LogP contribution in [0.1, 0.15) is 18.5 Å². The summed E-state index contributed by atoms with van der Waals surface area (Å²) >= 11 is 7.99. The molecule has 0 bridgehead atoms. The molecule has 6 N–H and O–H groups in total. The first-order valence-electron chi connectivity index (χ1n) is 9.28. The number of aliphatic carboxylic acids is 1. The van der Waals surface area contributed by atoms with Crippen molar-refractivity contribution >= 4 is 63.3 Å². The number of carboxylic acid groups (broad SMARTS) is 1. The van der Waals surface area contributed by atoms with Crippen molar-refractivity contribution in [2.24, 2.45) is 5.16 Å². The SMILES string of the molecule is Nc1nc(/C(=N/O)C(=O)N[C@@H]2C(=O)N3C(C(=O)O)=C(Sc4ccc(O)nc4)CCC23)c(Cl)s1. The molecule has 0 aromatic carbocycles. The summed E-state index contributed by atoms with van der Waals surface area (Å²) in [7, 11) is 0. The van der Waals surface area contributed by atoms with Crippen LogP contribution in [0.4, 0.5) is 5.13 Å². The normalized spacial score (nSPS) is 20.3. The van der Waals surface area contributed by atoms with Crippen molar-refractivity contribution < 1.29 is 29.8 Å². The van der Waals surface area contributed by atoms with Crippen LogP contribution in [-0.2, 0) is 14.4 Å². The number of nitrogens with zero attached hydrogens (tertiary/aromatic N) is 4. The number of hydrogen-bond donors (Lipinski definition) is 5. The maximum atomic E-state index is 12.8. The van der Waals surface area contributed by atoms with Gasteiger partial charge >= 0.3 is 5.97 Å². The number of oxime groups is 1. The molecule has 2 aliphatic rings. The molecule has 0 radical (unpaired) electrons. The smallest absolute Gasteiger partial charge is 0.353 e. The highest BCUT2D eigenvalue weighted by Gasteiger charge is 2.53. The first-order valence-corrected chi connectivity index (χ1v) is 11.3. The van der Waals surface area contributed by atoms with Crippen LogP contribution in [-0.4, -0.2) is 65.9 Å². The number of hydrogen-bond acceptors (Lipinski definition) is 11. The fraction of sp³-hybridized carbons (Fsp3) is 0.222. The van der Waals surface area contributed by atoms with Crippen LogP contribution in [0.2, 0.25) is 4.34 Å². The third kappa shape index (κ3) is 4.19. The molecule has 2 aromatic rings. The molecule has 1 unspecified atom stereocenters. The van der Waals surface area contributed by atoms with Crippen molar-refractivity contribution in [1.29, 1.82) is 0 Å². The number of anilines is 1. The Morgan fingerprint density at radius 1 is 1.39 bits per heavy atom. The first-order chi connectivity index (χ1) is 15.7. The number of nitrogens with one attached hydrogen (secondary N) is 1. The molecule has 4 rings (SSSR count). The summed E-state index contributed by atoms with van der Waals surface area (Å²) < 4.78 is 0.0381. The van der Waals surface area contributed by atoms with Gasteiger partial charge in [-0.3, -0.25) is 14.5 Å². The Morgan fingerprint density at radius 2 is 2.15 bits per heavy atom. The molecule has 33 heavy (non-hydrogen) atoms. The number of carbonyl (C=O) groups excluding carboxylic acids is 2. The van der Waals surface area contributed by atoms with Crippen molar-refractivity contribution in [2.75, 3.05) is 5.73 Å². The fourth-order valence-corrected chi connectivity index (χ4v) is 5.53. The zero-order valence-corrected chi connectivity index (χ0v) is 18.8. The van der Waals surface area contributed by atoms with E-state index in [4.69, 9.17) is 17.3 Å². The fourth-order valence-electron chi connectivity index (χ4n) is 3.58. The maximum absolute atomic E-state index is 12.8. The van der Waals surface area contributed by atoms with Gasteiger partial charge in [0.1, 0.15) is 21.8 Å². The second-order valence-corrected chi connectivity index (χ2v) is 9.72. The maximum Gasteiger partial charge on any atom is 0.353 e. The molecule has 2 amide bonds. The lowest BCUT2D eigenvalue weighted by atomic mass is 9.86. The highest BCUT2D eigenvalue weighted by molar-refractivity contribution is 8.03. The van der Waals surface area contributed by atoms with Gasteiger partial charge in [0.2, 0.25) is 5.88 Å². The largest absolute Gasteiger partial charge is 0.493 e. The minimum absolute atomic E-state index is 0.0381. The Kier molecular flexibility index (Phi) is 6.14. The number of amides is 2. The summed E-state index contributed by atoms with van der Waals surface area (Å²) in [6.07, 6.45) is 2.12. The number of allylic oxidation sites excluding steroid dienone is 1. The van der Waals surface area contributed by atoms with Gasteiger partial charge < -0.3 is 26.5 Å². The highest BCUT2D eigenvalue weighted by Crippen LogP contribution is 2.43. The lowest BCUT2D eigenvalue weighted by Gasteiger charge is -2.50. The molecular weight excluding hydrogens is 496 g/mol. The number of carboxylic acids is 1. The first kappa shape index (κ1) is 22.8. The summed E-state index contributed by atoms with van der Waals surface area (Å²) in [4.78, 5) is 47.2. The van der Waals surface area contributed by atoms with Gasteiger partial charge in [-0.1, -0.05) is 39.9 Å². The number of pyridine rings is 1. The highest BCUT2D eigenvalue weighted by atomic mass is 35.5. The summed E-state index contributed by atoms with van der Waals surface area (Å²) in [5.74, 6) is -2.97. The number of nitrogen functional groups attached to an aromatic ring is 1. The Morgan fingerprint density at radius 3 is 2.73 bits per heavy atom. The van der Waals surface area contributed by atoms with Crippen LogP contribution >= 0.6 is 34.7 Å². The monoisotopic (exact) mass is 510 g/mol. The molecule has 4 heterocycles. The number of aromatic hydroxyl groups is 1. The van der Waals surface area contributed by atoms with E-state index in [0.717, 1.165) is 28.0 Å². The van der Waals surface area contributed by atoms with Gasteiger partial charge in [-0.05, 0) is 18.9 Å². The summed E-state index contributed by atoms with van der Waals surface area (Å²) in [5.41, 5.74) is 4.74. The van der Waals surface area contributed by atoms with E-state index in [0.29, 0.717) is 22.6 Å². The lowest BCUT2D eigenvalue weighted by Crippen LogP contribution is -2.72. The molecule has 0 saturated carbocycles. The van der Waals surface area contributed by atoms with E-state index in [1.807, 2.05) is 0 Å². The Balaban J connectivity index is 1.53. The Bertz CT molecular complexity index is 1210. The summed E-state index contributed by atoms with van der Waals surface area (Å²) in [6.45, 7) is 0. The topological polar surface area (TPSA) is 191 Å². The van der Waals surface area contributed by atoms with Crippen LogP contribution in [0.25, 0.3) is 0 Å². The van der Waals surface area contributed by atoms with Gasteiger partial charge in [0.05, 0.1) is 6.04 Å². The van der Waals surface area contributed by atoms with Gasteiger partial charge in [0.25, 0.3) is 11.8 Å². The molecule has 2 aliphatic heterocycles. The van der Waals surface area contributed by atoms with Crippen LogP contribution in [0.15, 0.2) is 39.0 Å². The third-order valence-corrected chi connectivity index (χ3v) is 7.19. The molecule has 1 saturated heterocycles. The molecule has 2 atom stereocenters. The van der Waals surface area contributed by atoms with Gasteiger partial charge in [-0.2, -0.15) is 0 Å². The standard InChI is InChI=1S/C18H15ClN6O6S2/c19-14-11(23-18(20)33-14)12(24-31)15(27)22-10-7-2-3-8(13(17(29)30)25(7)16(10)28)32-6-1-4-9(26)21-5-6/h1,4-5,7,10,31H,2-3H2,(H2,20,23)(H,21,26)(H,22,27)(H,29,30)/b24-12-/t7?,10-/m0/s1. The molecular formula is C18H15ClN6O6S2. The summed E-state index contributed by atoms with van der Waals surface area (Å²) in [5, 5.41) is 33.8. The minimum atomic E-state index is -1.28. The molecule has 15 heteroatoms. The number of nitrogens with two attached hydrogens (primary N) is 1. The number of carbonyl (C=O) groups is 3. The van der Waals surface area contributed by atoms with E-state index in [1.165, 1.54) is 12.3 Å². The zero-order valence-electron chi connectivity index (χ0n) is 16.4. The minimum Gasteiger partial charge on any atom is -0.493 e. The van der Waals surface area contributed by atoms with E-state index in [1.54, 1.807) is 6.07 Å². The van der Waals surface area contributed by atoms with Crippen molar-refractivity contribution in [2.45, 2.75) is 29.8 Å². The molecule has 0 aliphatic carbocycles. The Labute approximate surface area is 198 Å². The second kappa shape index (κ2) is 8.88.